The number of allylic oxidation sites excluding steroid dienone is 2. The lowest BCUT2D eigenvalue weighted by Crippen LogP contribution is -2.23. The topological polar surface area (TPSA) is 46.5 Å². The highest BCUT2D eigenvalue weighted by atomic mass is 16.5. The molecular weight excluding hydrogens is 216 g/mol. The van der Waals surface area contributed by atoms with Crippen molar-refractivity contribution >= 4 is 5.97 Å². The number of esters is 1. The molecular formula is C14H18O3. The van der Waals surface area contributed by atoms with E-state index in [9.17, 15) is 9.90 Å². The molecule has 0 saturated heterocycles. The van der Waals surface area contributed by atoms with Crippen LogP contribution in [0.2, 0.25) is 0 Å². The molecule has 0 aromatic heterocycles. The molecule has 92 valence electrons. The van der Waals surface area contributed by atoms with Crippen molar-refractivity contribution in [1.29, 1.82) is 0 Å². The van der Waals surface area contributed by atoms with Gasteiger partial charge in [0.15, 0.2) is 0 Å². The second-order valence-electron chi connectivity index (χ2n) is 3.79. The normalized spacial score (nSPS) is 14.5. The lowest BCUT2D eigenvalue weighted by atomic mass is 9.93. The van der Waals surface area contributed by atoms with Crippen LogP contribution in [0, 0.1) is 5.92 Å². The Hall–Kier alpha value is -1.61. The van der Waals surface area contributed by atoms with E-state index in [1.165, 1.54) is 7.11 Å². The van der Waals surface area contributed by atoms with Crippen molar-refractivity contribution in [3.05, 3.63) is 48.0 Å². The van der Waals surface area contributed by atoms with Gasteiger partial charge in [0.1, 0.15) is 0 Å². The third-order valence-corrected chi connectivity index (χ3v) is 2.65. The lowest BCUT2D eigenvalue weighted by Gasteiger charge is -2.19. The van der Waals surface area contributed by atoms with E-state index in [1.807, 2.05) is 37.3 Å². The Morgan fingerprint density at radius 1 is 1.41 bits per heavy atom. The number of hydrogen-bond donors (Lipinski definition) is 1. The Labute approximate surface area is 102 Å². The number of aliphatic hydroxyl groups excluding tert-OH is 1. The molecule has 0 amide bonds. The van der Waals surface area contributed by atoms with Crippen LogP contribution < -0.4 is 0 Å². The Kier molecular flexibility index (Phi) is 5.43. The molecule has 0 aliphatic carbocycles. The Balaban J connectivity index is 2.86. The first kappa shape index (κ1) is 13.5. The smallest absolute Gasteiger partial charge is 0.311 e. The van der Waals surface area contributed by atoms with Gasteiger partial charge in [-0.2, -0.15) is 0 Å². The second-order valence-corrected chi connectivity index (χ2v) is 3.79. The zero-order valence-corrected chi connectivity index (χ0v) is 10.2. The van der Waals surface area contributed by atoms with Gasteiger partial charge in [0.05, 0.1) is 19.1 Å². The molecule has 0 radical (unpaired) electrons. The van der Waals surface area contributed by atoms with E-state index in [2.05, 4.69) is 0 Å². The maximum atomic E-state index is 11.6. The predicted octanol–water partition coefficient (Wildman–Crippen LogP) is 2.48. The van der Waals surface area contributed by atoms with Gasteiger partial charge < -0.3 is 9.84 Å². The molecule has 0 bridgehead atoms. The lowest BCUT2D eigenvalue weighted by molar-refractivity contribution is -0.149. The van der Waals surface area contributed by atoms with Gasteiger partial charge in [0.25, 0.3) is 0 Å². The molecule has 0 spiro atoms. The third-order valence-electron chi connectivity index (χ3n) is 2.65. The van der Waals surface area contributed by atoms with E-state index >= 15 is 0 Å². The average Bonchev–Trinajstić information content (AvgIpc) is 2.39. The summed E-state index contributed by atoms with van der Waals surface area (Å²) in [5.41, 5.74) is 0.729. The Morgan fingerprint density at radius 3 is 2.59 bits per heavy atom. The standard InChI is InChI=1S/C14H18O3/c1-3-4-10-12(14(16)17-2)13(15)11-8-6-5-7-9-11/h3-9,12-13,15H,10H2,1-2H3/b4-3+/t12?,13-/m0/s1. The average molecular weight is 234 g/mol. The summed E-state index contributed by atoms with van der Waals surface area (Å²) >= 11 is 0. The van der Waals surface area contributed by atoms with E-state index in [1.54, 1.807) is 12.1 Å². The fourth-order valence-corrected chi connectivity index (χ4v) is 1.67. The van der Waals surface area contributed by atoms with E-state index in [-0.39, 0.29) is 5.97 Å². The minimum Gasteiger partial charge on any atom is -0.469 e. The monoisotopic (exact) mass is 234 g/mol. The number of carbonyl (C=O) groups is 1. The number of aliphatic hydroxyl groups is 1. The van der Waals surface area contributed by atoms with Crippen LogP contribution in [0.25, 0.3) is 0 Å². The molecule has 17 heavy (non-hydrogen) atoms. The van der Waals surface area contributed by atoms with Crippen molar-refractivity contribution in [1.82, 2.24) is 0 Å². The summed E-state index contributed by atoms with van der Waals surface area (Å²) in [5.74, 6) is -0.946. The zero-order chi connectivity index (χ0) is 12.7. The van der Waals surface area contributed by atoms with Crippen molar-refractivity contribution in [3.63, 3.8) is 0 Å². The van der Waals surface area contributed by atoms with Gasteiger partial charge in [0, 0.05) is 0 Å². The van der Waals surface area contributed by atoms with Gasteiger partial charge in [-0.05, 0) is 18.9 Å². The van der Waals surface area contributed by atoms with Crippen LogP contribution in [0.4, 0.5) is 0 Å². The summed E-state index contributed by atoms with van der Waals surface area (Å²) in [6.07, 6.45) is 3.35. The van der Waals surface area contributed by atoms with Crippen LogP contribution in [0.3, 0.4) is 0 Å². The van der Waals surface area contributed by atoms with Gasteiger partial charge >= 0.3 is 5.97 Å². The van der Waals surface area contributed by atoms with E-state index in [0.717, 1.165) is 5.56 Å². The maximum absolute atomic E-state index is 11.6. The Morgan fingerprint density at radius 2 is 2.06 bits per heavy atom. The van der Waals surface area contributed by atoms with Crippen molar-refractivity contribution in [2.24, 2.45) is 5.92 Å². The van der Waals surface area contributed by atoms with E-state index < -0.39 is 12.0 Å². The summed E-state index contributed by atoms with van der Waals surface area (Å²) < 4.78 is 4.72. The van der Waals surface area contributed by atoms with Gasteiger partial charge in [-0.25, -0.2) is 0 Å². The fraction of sp³-hybridized carbons (Fsp3) is 0.357. The minimum atomic E-state index is -0.833. The Bertz CT molecular complexity index is 370. The van der Waals surface area contributed by atoms with E-state index in [0.29, 0.717) is 6.42 Å². The first-order valence-electron chi connectivity index (χ1n) is 5.62. The molecule has 0 aliphatic heterocycles. The van der Waals surface area contributed by atoms with Crippen LogP contribution >= 0.6 is 0 Å². The van der Waals surface area contributed by atoms with Crippen LogP contribution in [0.1, 0.15) is 25.0 Å². The van der Waals surface area contributed by atoms with Gasteiger partial charge in [-0.3, -0.25) is 4.79 Å². The van der Waals surface area contributed by atoms with Crippen LogP contribution in [-0.4, -0.2) is 18.2 Å². The summed E-state index contributed by atoms with van der Waals surface area (Å²) in [5, 5.41) is 10.2. The van der Waals surface area contributed by atoms with E-state index in [4.69, 9.17) is 4.74 Å². The van der Waals surface area contributed by atoms with Crippen LogP contribution in [0.5, 0.6) is 0 Å². The highest BCUT2D eigenvalue weighted by Crippen LogP contribution is 2.26. The molecule has 1 aromatic carbocycles. The molecule has 1 aromatic rings. The number of hydrogen-bond acceptors (Lipinski definition) is 3. The minimum absolute atomic E-state index is 0.389. The second kappa shape index (κ2) is 6.86. The summed E-state index contributed by atoms with van der Waals surface area (Å²) in [4.78, 5) is 11.6. The summed E-state index contributed by atoms with van der Waals surface area (Å²) in [6, 6.07) is 9.15. The van der Waals surface area contributed by atoms with Crippen molar-refractivity contribution in [2.45, 2.75) is 19.4 Å². The molecule has 2 atom stereocenters. The summed E-state index contributed by atoms with van der Waals surface area (Å²) in [7, 11) is 1.34. The molecule has 1 rings (SSSR count). The molecule has 0 heterocycles. The molecule has 1 N–H and O–H groups in total. The number of carbonyl (C=O) groups excluding carboxylic acids is 1. The third kappa shape index (κ3) is 3.71. The number of rotatable bonds is 5. The molecule has 1 unspecified atom stereocenters. The highest BCUT2D eigenvalue weighted by molar-refractivity contribution is 5.73. The number of methoxy groups -OCH3 is 1. The quantitative estimate of drug-likeness (QED) is 0.629. The number of benzene rings is 1. The summed E-state index contributed by atoms with van der Waals surface area (Å²) in [6.45, 7) is 1.88. The first-order chi connectivity index (χ1) is 8.20. The van der Waals surface area contributed by atoms with Crippen molar-refractivity contribution in [2.75, 3.05) is 7.11 Å². The molecule has 3 heteroatoms. The predicted molar refractivity (Wildman–Crippen MR) is 66.3 cm³/mol. The molecule has 0 fully saturated rings. The van der Waals surface area contributed by atoms with Gasteiger partial charge in [-0.15, -0.1) is 0 Å². The molecule has 0 saturated carbocycles. The van der Waals surface area contributed by atoms with Crippen molar-refractivity contribution in [3.8, 4) is 0 Å². The van der Waals surface area contributed by atoms with Crippen LogP contribution in [-0.2, 0) is 9.53 Å². The largest absolute Gasteiger partial charge is 0.469 e. The van der Waals surface area contributed by atoms with Crippen LogP contribution in [0.15, 0.2) is 42.5 Å². The molecule has 0 aliphatic rings. The maximum Gasteiger partial charge on any atom is 0.311 e. The zero-order valence-electron chi connectivity index (χ0n) is 10.2. The fourth-order valence-electron chi connectivity index (χ4n) is 1.67. The SMILES string of the molecule is C/C=C/CC(C(=O)OC)[C@@H](O)c1ccccc1. The van der Waals surface area contributed by atoms with Gasteiger partial charge in [-0.1, -0.05) is 42.5 Å². The van der Waals surface area contributed by atoms with Gasteiger partial charge in [0.2, 0.25) is 0 Å². The first-order valence-corrected chi connectivity index (χ1v) is 5.62. The number of ether oxygens (including phenoxy) is 1. The highest BCUT2D eigenvalue weighted by Gasteiger charge is 2.27. The molecule has 3 nitrogen and oxygen atoms in total. The van der Waals surface area contributed by atoms with Crippen molar-refractivity contribution < 1.29 is 14.6 Å².